The predicted molar refractivity (Wildman–Crippen MR) is 86.9 cm³/mol. The van der Waals surface area contributed by atoms with E-state index in [0.717, 1.165) is 0 Å². The van der Waals surface area contributed by atoms with Crippen molar-refractivity contribution in [2.75, 3.05) is 11.9 Å². The molecule has 1 heterocycles. The molecule has 1 aromatic heterocycles. The van der Waals surface area contributed by atoms with Crippen LogP contribution in [-0.4, -0.2) is 28.6 Å². The number of carbonyl (C=O) groups is 2. The van der Waals surface area contributed by atoms with Crippen molar-refractivity contribution in [2.24, 2.45) is 0 Å². The molecule has 0 atom stereocenters. The van der Waals surface area contributed by atoms with E-state index in [9.17, 15) is 9.59 Å². The van der Waals surface area contributed by atoms with Crippen molar-refractivity contribution in [1.29, 1.82) is 0 Å². The molecule has 0 fully saturated rings. The minimum Gasteiger partial charge on any atom is -0.461 e. The number of carbonyl (C=O) groups excluding carboxylic acids is 2. The standard InChI is InChI=1S/C15H15N3O3S/c1-2-21-14(20)12-11(8-9-16-12)17-15(22)18-13(19)10-6-4-3-5-7-10/h3-9,16H,2H2,1H3,(H2,17,18,19,22). The molecule has 0 bridgehead atoms. The number of thiocarbonyl (C=S) groups is 1. The summed E-state index contributed by atoms with van der Waals surface area (Å²) in [5.74, 6) is -0.821. The molecule has 1 amide bonds. The number of aromatic amines is 1. The zero-order chi connectivity index (χ0) is 15.9. The van der Waals surface area contributed by atoms with Gasteiger partial charge in [0, 0.05) is 11.8 Å². The number of aromatic nitrogens is 1. The van der Waals surface area contributed by atoms with Gasteiger partial charge < -0.3 is 15.0 Å². The zero-order valence-corrected chi connectivity index (χ0v) is 12.7. The molecule has 3 N–H and O–H groups in total. The van der Waals surface area contributed by atoms with Crippen LogP contribution in [0.25, 0.3) is 0 Å². The van der Waals surface area contributed by atoms with Gasteiger partial charge in [-0.15, -0.1) is 0 Å². The number of hydrogen-bond donors (Lipinski definition) is 3. The molecule has 0 radical (unpaired) electrons. The van der Waals surface area contributed by atoms with Gasteiger partial charge in [-0.25, -0.2) is 4.79 Å². The second kappa shape index (κ2) is 7.37. The smallest absolute Gasteiger partial charge is 0.356 e. The second-order valence-electron chi connectivity index (χ2n) is 4.26. The van der Waals surface area contributed by atoms with Crippen LogP contribution in [0, 0.1) is 0 Å². The monoisotopic (exact) mass is 317 g/mol. The van der Waals surface area contributed by atoms with Gasteiger partial charge in [-0.2, -0.15) is 0 Å². The molecule has 1 aromatic carbocycles. The molecule has 0 saturated carbocycles. The van der Waals surface area contributed by atoms with Gasteiger partial charge in [0.1, 0.15) is 5.69 Å². The number of amides is 1. The zero-order valence-electron chi connectivity index (χ0n) is 11.9. The highest BCUT2D eigenvalue weighted by molar-refractivity contribution is 7.80. The summed E-state index contributed by atoms with van der Waals surface area (Å²) in [4.78, 5) is 26.5. The molecular weight excluding hydrogens is 302 g/mol. The van der Waals surface area contributed by atoms with Crippen molar-refractivity contribution >= 4 is 34.9 Å². The number of H-pyrrole nitrogens is 1. The number of ether oxygens (including phenoxy) is 1. The van der Waals surface area contributed by atoms with Crippen LogP contribution in [-0.2, 0) is 4.74 Å². The second-order valence-corrected chi connectivity index (χ2v) is 4.67. The van der Waals surface area contributed by atoms with Crippen molar-refractivity contribution in [3.63, 3.8) is 0 Å². The first-order valence-corrected chi connectivity index (χ1v) is 7.04. The first-order chi connectivity index (χ1) is 10.6. The largest absolute Gasteiger partial charge is 0.461 e. The van der Waals surface area contributed by atoms with Crippen LogP contribution >= 0.6 is 12.2 Å². The lowest BCUT2D eigenvalue weighted by Crippen LogP contribution is -2.34. The Labute approximate surface area is 132 Å². The van der Waals surface area contributed by atoms with Crippen molar-refractivity contribution in [3.05, 3.63) is 53.9 Å². The molecule has 6 nitrogen and oxygen atoms in total. The summed E-state index contributed by atoms with van der Waals surface area (Å²) in [6.45, 7) is 1.99. The van der Waals surface area contributed by atoms with Gasteiger partial charge >= 0.3 is 5.97 Å². The highest BCUT2D eigenvalue weighted by Crippen LogP contribution is 2.14. The number of nitrogens with one attached hydrogen (secondary N) is 3. The summed E-state index contributed by atoms with van der Waals surface area (Å²) in [7, 11) is 0. The van der Waals surface area contributed by atoms with Crippen LogP contribution < -0.4 is 10.6 Å². The van der Waals surface area contributed by atoms with Gasteiger partial charge in [-0.3, -0.25) is 10.1 Å². The summed E-state index contributed by atoms with van der Waals surface area (Å²) < 4.78 is 4.92. The lowest BCUT2D eigenvalue weighted by atomic mass is 10.2. The first kappa shape index (κ1) is 15.7. The normalized spacial score (nSPS) is 9.86. The number of anilines is 1. The van der Waals surface area contributed by atoms with Gasteiger partial charge in [0.25, 0.3) is 5.91 Å². The average Bonchev–Trinajstić information content (AvgIpc) is 2.96. The van der Waals surface area contributed by atoms with Gasteiger partial charge in [-0.05, 0) is 37.3 Å². The molecule has 0 aliphatic carbocycles. The highest BCUT2D eigenvalue weighted by atomic mass is 32.1. The van der Waals surface area contributed by atoms with Gasteiger partial charge in [-0.1, -0.05) is 18.2 Å². The van der Waals surface area contributed by atoms with Crippen LogP contribution in [0.2, 0.25) is 0 Å². The van der Waals surface area contributed by atoms with Crippen LogP contribution in [0.15, 0.2) is 42.6 Å². The fraction of sp³-hybridized carbons (Fsp3) is 0.133. The first-order valence-electron chi connectivity index (χ1n) is 6.63. The quantitative estimate of drug-likeness (QED) is 0.595. The molecule has 0 unspecified atom stereocenters. The SMILES string of the molecule is CCOC(=O)c1[nH]ccc1NC(=S)NC(=O)c1ccccc1. The molecular formula is C15H15N3O3S. The average molecular weight is 317 g/mol. The Morgan fingerprint density at radius 1 is 1.23 bits per heavy atom. The number of hydrogen-bond acceptors (Lipinski definition) is 4. The van der Waals surface area contributed by atoms with Crippen molar-refractivity contribution in [3.8, 4) is 0 Å². The minimum absolute atomic E-state index is 0.0963. The van der Waals surface area contributed by atoms with E-state index >= 15 is 0 Å². The topological polar surface area (TPSA) is 83.2 Å². The Bertz CT molecular complexity index is 682. The minimum atomic E-state index is -0.493. The lowest BCUT2D eigenvalue weighted by molar-refractivity contribution is 0.0521. The van der Waals surface area contributed by atoms with Crippen LogP contribution in [0.3, 0.4) is 0 Å². The summed E-state index contributed by atoms with van der Waals surface area (Å²) in [6, 6.07) is 10.3. The Hall–Kier alpha value is -2.67. The molecule has 114 valence electrons. The number of rotatable bonds is 4. The summed E-state index contributed by atoms with van der Waals surface area (Å²) in [5, 5.41) is 5.44. The molecule has 0 spiro atoms. The van der Waals surface area contributed by atoms with E-state index in [1.807, 2.05) is 6.07 Å². The van der Waals surface area contributed by atoms with Crippen molar-refractivity contribution < 1.29 is 14.3 Å². The van der Waals surface area contributed by atoms with E-state index < -0.39 is 5.97 Å². The third-order valence-corrected chi connectivity index (χ3v) is 2.94. The van der Waals surface area contributed by atoms with Crippen LogP contribution in [0.1, 0.15) is 27.8 Å². The number of benzene rings is 1. The maximum atomic E-state index is 12.0. The van der Waals surface area contributed by atoms with Crippen LogP contribution in [0.4, 0.5) is 5.69 Å². The van der Waals surface area contributed by atoms with Crippen molar-refractivity contribution in [2.45, 2.75) is 6.92 Å². The van der Waals surface area contributed by atoms with E-state index in [1.54, 1.807) is 43.5 Å². The van der Waals surface area contributed by atoms with E-state index in [2.05, 4.69) is 15.6 Å². The maximum Gasteiger partial charge on any atom is 0.356 e. The molecule has 2 aromatic rings. The Balaban J connectivity index is 2.00. The van der Waals surface area contributed by atoms with E-state index in [1.165, 1.54) is 0 Å². The third-order valence-electron chi connectivity index (χ3n) is 2.74. The van der Waals surface area contributed by atoms with Gasteiger partial charge in [0.15, 0.2) is 5.11 Å². The third kappa shape index (κ3) is 3.92. The molecule has 2 rings (SSSR count). The van der Waals surface area contributed by atoms with E-state index in [4.69, 9.17) is 17.0 Å². The van der Waals surface area contributed by atoms with Gasteiger partial charge in [0.2, 0.25) is 0 Å². The number of esters is 1. The Morgan fingerprint density at radius 3 is 2.64 bits per heavy atom. The van der Waals surface area contributed by atoms with Gasteiger partial charge in [0.05, 0.1) is 12.3 Å². The fourth-order valence-corrected chi connectivity index (χ4v) is 1.97. The molecule has 0 aliphatic rings. The predicted octanol–water partition coefficient (Wildman–Crippen LogP) is 2.32. The van der Waals surface area contributed by atoms with Crippen LogP contribution in [0.5, 0.6) is 0 Å². The Morgan fingerprint density at radius 2 is 1.95 bits per heavy atom. The maximum absolute atomic E-state index is 12.0. The highest BCUT2D eigenvalue weighted by Gasteiger charge is 2.15. The van der Waals surface area contributed by atoms with Crippen molar-refractivity contribution in [1.82, 2.24) is 10.3 Å². The Kier molecular flexibility index (Phi) is 5.26. The molecule has 7 heteroatoms. The molecule has 22 heavy (non-hydrogen) atoms. The summed E-state index contributed by atoms with van der Waals surface area (Å²) in [6.07, 6.45) is 1.58. The summed E-state index contributed by atoms with van der Waals surface area (Å²) >= 11 is 5.08. The molecule has 0 saturated heterocycles. The van der Waals surface area contributed by atoms with E-state index in [0.29, 0.717) is 11.3 Å². The fourth-order valence-electron chi connectivity index (χ4n) is 1.76. The molecule has 0 aliphatic heterocycles. The van der Waals surface area contributed by atoms with E-state index in [-0.39, 0.29) is 23.3 Å². The lowest BCUT2D eigenvalue weighted by Gasteiger charge is -2.10. The summed E-state index contributed by atoms with van der Waals surface area (Å²) in [5.41, 5.74) is 1.18.